The predicted molar refractivity (Wildman–Crippen MR) is 76.1 cm³/mol. The van der Waals surface area contributed by atoms with Crippen LogP contribution in [-0.2, 0) is 0 Å². The summed E-state index contributed by atoms with van der Waals surface area (Å²) in [7, 11) is 0. The summed E-state index contributed by atoms with van der Waals surface area (Å²) in [4.78, 5) is 14.2. The van der Waals surface area contributed by atoms with Gasteiger partial charge in [0.05, 0.1) is 5.69 Å². The van der Waals surface area contributed by atoms with Crippen LogP contribution in [0.15, 0.2) is 24.3 Å². The molecule has 0 saturated carbocycles. The quantitative estimate of drug-likeness (QED) is 0.837. The number of H-pyrrole nitrogens is 1. The van der Waals surface area contributed by atoms with Crippen molar-refractivity contribution in [2.75, 3.05) is 11.4 Å². The Kier molecular flexibility index (Phi) is 2.97. The molecule has 0 bridgehead atoms. The molecule has 1 atom stereocenters. The van der Waals surface area contributed by atoms with E-state index in [1.807, 2.05) is 19.1 Å². The summed E-state index contributed by atoms with van der Waals surface area (Å²) < 4.78 is 0. The van der Waals surface area contributed by atoms with E-state index in [-0.39, 0.29) is 11.7 Å². The van der Waals surface area contributed by atoms with Crippen LogP contribution in [0.1, 0.15) is 41.0 Å². The lowest BCUT2D eigenvalue weighted by molar-refractivity contribution is 0.0978. The zero-order chi connectivity index (χ0) is 14.3. The highest BCUT2D eigenvalue weighted by Gasteiger charge is 2.30. The lowest BCUT2D eigenvalue weighted by Gasteiger charge is -2.32. The number of carbonyl (C=O) groups excluding carboxylic acids is 1. The first-order valence-corrected chi connectivity index (χ1v) is 6.73. The van der Waals surface area contributed by atoms with Gasteiger partial charge >= 0.3 is 0 Å². The number of nitrogens with one attached hydrogen (secondary N) is 1. The van der Waals surface area contributed by atoms with Gasteiger partial charge in [-0.25, -0.2) is 0 Å². The second-order valence-corrected chi connectivity index (χ2v) is 5.30. The maximum atomic E-state index is 12.6. The molecule has 0 aliphatic carbocycles. The fourth-order valence-corrected chi connectivity index (χ4v) is 2.70. The van der Waals surface area contributed by atoms with Crippen molar-refractivity contribution in [2.45, 2.75) is 26.2 Å². The molecule has 0 fully saturated rings. The number of anilines is 1. The molecule has 1 aromatic carbocycles. The normalized spacial score (nSPS) is 17.9. The smallest absolute Gasteiger partial charge is 0.278 e. The lowest BCUT2D eigenvalue weighted by atomic mass is 9.91. The Morgan fingerprint density at radius 2 is 2.30 bits per heavy atom. The van der Waals surface area contributed by atoms with Gasteiger partial charge in [-0.15, -0.1) is 0 Å². The molecular formula is C15H17N3O2. The highest BCUT2D eigenvalue weighted by Crippen LogP contribution is 2.41. The molecule has 5 heteroatoms. The van der Waals surface area contributed by atoms with Gasteiger partial charge in [0.25, 0.3) is 5.91 Å². The van der Waals surface area contributed by atoms with Crippen LogP contribution >= 0.6 is 0 Å². The van der Waals surface area contributed by atoms with E-state index in [9.17, 15) is 9.90 Å². The van der Waals surface area contributed by atoms with E-state index in [0.29, 0.717) is 23.8 Å². The number of rotatable bonds is 1. The Bertz CT molecular complexity index is 663. The Labute approximate surface area is 117 Å². The molecule has 1 aromatic heterocycles. The molecule has 0 unspecified atom stereocenters. The summed E-state index contributed by atoms with van der Waals surface area (Å²) in [5.41, 5.74) is 2.86. The number of aryl methyl sites for hydroxylation is 1. The third-order valence-corrected chi connectivity index (χ3v) is 3.80. The molecule has 0 radical (unpaired) electrons. The molecule has 5 nitrogen and oxygen atoms in total. The summed E-state index contributed by atoms with van der Waals surface area (Å²) in [5, 5.41) is 16.9. The van der Waals surface area contributed by atoms with E-state index >= 15 is 0 Å². The average molecular weight is 271 g/mol. The second-order valence-electron chi connectivity index (χ2n) is 5.30. The number of fused-ring (bicyclic) bond motifs is 1. The van der Waals surface area contributed by atoms with Crippen LogP contribution in [-0.4, -0.2) is 27.8 Å². The lowest BCUT2D eigenvalue weighted by Crippen LogP contribution is -2.36. The number of phenols is 1. The van der Waals surface area contributed by atoms with Crippen LogP contribution in [0.3, 0.4) is 0 Å². The topological polar surface area (TPSA) is 69.2 Å². The largest absolute Gasteiger partial charge is 0.506 e. The number of benzene rings is 1. The number of aromatic hydroxyl groups is 1. The summed E-state index contributed by atoms with van der Waals surface area (Å²) in [5.74, 6) is 0.306. The van der Waals surface area contributed by atoms with E-state index in [4.69, 9.17) is 0 Å². The maximum absolute atomic E-state index is 12.6. The standard InChI is InChI=1S/C15H17N3O2/c1-9-6-7-18(14-11(9)4-3-5-13(14)19)15(20)12-8-10(2)16-17-12/h3-5,8-9,19H,6-7H2,1-2H3,(H,16,17)/t9-/m1/s1. The molecule has 0 spiro atoms. The van der Waals surface area contributed by atoms with Crippen molar-refractivity contribution < 1.29 is 9.90 Å². The SMILES string of the molecule is Cc1cc(C(=O)N2CC[C@@H](C)c3cccc(O)c32)n[nH]1. The molecule has 2 heterocycles. The van der Waals surface area contributed by atoms with Gasteiger partial charge in [0.1, 0.15) is 5.75 Å². The van der Waals surface area contributed by atoms with Crippen LogP contribution in [0.5, 0.6) is 5.75 Å². The first-order chi connectivity index (χ1) is 9.58. The second kappa shape index (κ2) is 4.67. The van der Waals surface area contributed by atoms with Crippen LogP contribution < -0.4 is 4.90 Å². The molecule has 104 valence electrons. The number of phenolic OH excluding ortho intramolecular Hbond substituents is 1. The van der Waals surface area contributed by atoms with Crippen molar-refractivity contribution in [1.29, 1.82) is 0 Å². The van der Waals surface area contributed by atoms with E-state index in [1.54, 1.807) is 17.0 Å². The van der Waals surface area contributed by atoms with E-state index in [0.717, 1.165) is 17.7 Å². The van der Waals surface area contributed by atoms with Gasteiger partial charge in [0.2, 0.25) is 0 Å². The van der Waals surface area contributed by atoms with Gasteiger partial charge < -0.3 is 10.0 Å². The van der Waals surface area contributed by atoms with E-state index in [1.165, 1.54) is 0 Å². The number of aromatic amines is 1. The first kappa shape index (κ1) is 12.7. The zero-order valence-corrected chi connectivity index (χ0v) is 11.6. The van der Waals surface area contributed by atoms with Crippen molar-refractivity contribution >= 4 is 11.6 Å². The molecule has 1 aliphatic rings. The van der Waals surface area contributed by atoms with Gasteiger partial charge in [-0.2, -0.15) is 5.10 Å². The Hall–Kier alpha value is -2.30. The van der Waals surface area contributed by atoms with Gasteiger partial charge in [-0.05, 0) is 37.0 Å². The molecule has 1 aliphatic heterocycles. The minimum absolute atomic E-state index is 0.148. The van der Waals surface area contributed by atoms with Crippen molar-refractivity contribution in [2.24, 2.45) is 0 Å². The minimum Gasteiger partial charge on any atom is -0.506 e. The fraction of sp³-hybridized carbons (Fsp3) is 0.333. The molecule has 3 rings (SSSR count). The maximum Gasteiger partial charge on any atom is 0.278 e. The highest BCUT2D eigenvalue weighted by atomic mass is 16.3. The highest BCUT2D eigenvalue weighted by molar-refractivity contribution is 6.06. The zero-order valence-electron chi connectivity index (χ0n) is 11.6. The summed E-state index contributed by atoms with van der Waals surface area (Å²) in [6.45, 7) is 4.56. The Morgan fingerprint density at radius 3 is 3.00 bits per heavy atom. The van der Waals surface area contributed by atoms with E-state index < -0.39 is 0 Å². The Balaban J connectivity index is 2.04. The first-order valence-electron chi connectivity index (χ1n) is 6.73. The van der Waals surface area contributed by atoms with Gasteiger partial charge in [0, 0.05) is 12.2 Å². The van der Waals surface area contributed by atoms with Gasteiger partial charge in [-0.1, -0.05) is 19.1 Å². The minimum atomic E-state index is -0.177. The summed E-state index contributed by atoms with van der Waals surface area (Å²) in [6.07, 6.45) is 0.881. The third-order valence-electron chi connectivity index (χ3n) is 3.80. The number of amides is 1. The number of hydrogen-bond acceptors (Lipinski definition) is 3. The molecule has 0 saturated heterocycles. The number of nitrogens with zero attached hydrogens (tertiary/aromatic N) is 2. The molecule has 2 N–H and O–H groups in total. The van der Waals surface area contributed by atoms with E-state index in [2.05, 4.69) is 17.1 Å². The van der Waals surface area contributed by atoms with Crippen LogP contribution in [0.25, 0.3) is 0 Å². The third kappa shape index (κ3) is 1.95. The Morgan fingerprint density at radius 1 is 1.50 bits per heavy atom. The van der Waals surface area contributed by atoms with Crippen LogP contribution in [0, 0.1) is 6.92 Å². The van der Waals surface area contributed by atoms with Gasteiger partial charge in [-0.3, -0.25) is 9.89 Å². The monoisotopic (exact) mass is 271 g/mol. The van der Waals surface area contributed by atoms with Crippen molar-refractivity contribution in [1.82, 2.24) is 10.2 Å². The fourth-order valence-electron chi connectivity index (χ4n) is 2.70. The van der Waals surface area contributed by atoms with Crippen LogP contribution in [0.4, 0.5) is 5.69 Å². The van der Waals surface area contributed by atoms with Crippen molar-refractivity contribution in [3.63, 3.8) is 0 Å². The summed E-state index contributed by atoms with van der Waals surface area (Å²) >= 11 is 0. The number of para-hydroxylation sites is 1. The van der Waals surface area contributed by atoms with Crippen molar-refractivity contribution in [3.05, 3.63) is 41.2 Å². The predicted octanol–water partition coefficient (Wildman–Crippen LogP) is 2.58. The molecule has 1 amide bonds. The van der Waals surface area contributed by atoms with Crippen LogP contribution in [0.2, 0.25) is 0 Å². The molecule has 2 aromatic rings. The number of hydrogen-bond donors (Lipinski definition) is 2. The van der Waals surface area contributed by atoms with Crippen molar-refractivity contribution in [3.8, 4) is 5.75 Å². The number of carbonyl (C=O) groups is 1. The average Bonchev–Trinajstić information content (AvgIpc) is 2.86. The van der Waals surface area contributed by atoms with Gasteiger partial charge in [0.15, 0.2) is 5.69 Å². The summed E-state index contributed by atoms with van der Waals surface area (Å²) in [6, 6.07) is 7.12. The molecule has 20 heavy (non-hydrogen) atoms. The number of aromatic nitrogens is 2. The molecular weight excluding hydrogens is 254 g/mol.